The minimum absolute atomic E-state index is 0.101. The van der Waals surface area contributed by atoms with Crippen LogP contribution in [-0.2, 0) is 4.79 Å². The van der Waals surface area contributed by atoms with Crippen molar-refractivity contribution in [1.29, 1.82) is 0 Å². The first-order chi connectivity index (χ1) is 13.1. The molecule has 0 spiro atoms. The van der Waals surface area contributed by atoms with Gasteiger partial charge < -0.3 is 10.2 Å². The van der Waals surface area contributed by atoms with E-state index in [-0.39, 0.29) is 29.0 Å². The Bertz CT molecular complexity index is 731. The number of amides is 2. The Morgan fingerprint density at radius 2 is 1.85 bits per heavy atom. The number of H-pyrrole nitrogens is 1. The largest absolute Gasteiger partial charge is 0.353 e. The van der Waals surface area contributed by atoms with Gasteiger partial charge in [-0.05, 0) is 51.1 Å². The van der Waals surface area contributed by atoms with Gasteiger partial charge >= 0.3 is 0 Å². The lowest BCUT2D eigenvalue weighted by atomic mass is 9.93. The second-order valence-electron chi connectivity index (χ2n) is 7.95. The fourth-order valence-electron chi connectivity index (χ4n) is 4.16. The average Bonchev–Trinajstić information content (AvgIpc) is 3.52. The molecule has 2 amide bonds. The van der Waals surface area contributed by atoms with Crippen LogP contribution in [-0.4, -0.2) is 70.1 Å². The van der Waals surface area contributed by atoms with Crippen LogP contribution in [0.4, 0.5) is 0 Å². The maximum Gasteiger partial charge on any atom is 0.274 e. The molecule has 8 nitrogen and oxygen atoms in total. The van der Waals surface area contributed by atoms with Crippen molar-refractivity contribution in [3.8, 4) is 0 Å². The summed E-state index contributed by atoms with van der Waals surface area (Å²) < 4.78 is 0. The van der Waals surface area contributed by atoms with Crippen LogP contribution in [0.25, 0.3) is 0 Å². The van der Waals surface area contributed by atoms with E-state index in [0.29, 0.717) is 25.2 Å². The minimum atomic E-state index is -0.310. The van der Waals surface area contributed by atoms with Gasteiger partial charge in [0, 0.05) is 37.8 Å². The average molecular weight is 373 g/mol. The molecule has 0 bridgehead atoms. The Morgan fingerprint density at radius 1 is 1.07 bits per heavy atom. The SMILES string of the molecule is O=C(NC1CC1)[C@@H]1CCCN(C2CCN(C(=O)c3ccc(=O)[nH]n3)CC2)C1. The lowest BCUT2D eigenvalue weighted by Crippen LogP contribution is -2.51. The van der Waals surface area contributed by atoms with Crippen LogP contribution in [0.3, 0.4) is 0 Å². The molecule has 3 heterocycles. The van der Waals surface area contributed by atoms with Crippen molar-refractivity contribution in [2.24, 2.45) is 5.92 Å². The number of hydrogen-bond acceptors (Lipinski definition) is 5. The predicted octanol–water partition coefficient (Wildman–Crippen LogP) is 0.365. The number of nitrogens with one attached hydrogen (secondary N) is 2. The van der Waals surface area contributed by atoms with Gasteiger partial charge in [0.05, 0.1) is 5.92 Å². The zero-order valence-corrected chi connectivity index (χ0v) is 15.5. The molecular formula is C19H27N5O3. The second-order valence-corrected chi connectivity index (χ2v) is 7.95. The van der Waals surface area contributed by atoms with Crippen LogP contribution in [0, 0.1) is 5.92 Å². The molecular weight excluding hydrogens is 346 g/mol. The van der Waals surface area contributed by atoms with Crippen LogP contribution in [0.5, 0.6) is 0 Å². The van der Waals surface area contributed by atoms with Crippen LogP contribution >= 0.6 is 0 Å². The normalized spacial score (nSPS) is 24.6. The van der Waals surface area contributed by atoms with Gasteiger partial charge in [0.2, 0.25) is 5.91 Å². The minimum Gasteiger partial charge on any atom is -0.353 e. The van der Waals surface area contributed by atoms with E-state index in [9.17, 15) is 14.4 Å². The van der Waals surface area contributed by atoms with Crippen LogP contribution in [0.2, 0.25) is 0 Å². The number of piperidine rings is 2. The van der Waals surface area contributed by atoms with Crippen molar-refractivity contribution in [3.63, 3.8) is 0 Å². The first-order valence-corrected chi connectivity index (χ1v) is 9.99. The zero-order chi connectivity index (χ0) is 18.8. The summed E-state index contributed by atoms with van der Waals surface area (Å²) in [6.45, 7) is 3.23. The molecule has 0 aromatic carbocycles. The maximum absolute atomic E-state index is 12.5. The molecule has 3 fully saturated rings. The van der Waals surface area contributed by atoms with Crippen LogP contribution in [0.15, 0.2) is 16.9 Å². The lowest BCUT2D eigenvalue weighted by Gasteiger charge is -2.42. The molecule has 2 saturated heterocycles. The number of nitrogens with zero attached hydrogens (tertiary/aromatic N) is 3. The number of aromatic amines is 1. The van der Waals surface area contributed by atoms with Gasteiger partial charge in [0.15, 0.2) is 0 Å². The van der Waals surface area contributed by atoms with E-state index in [2.05, 4.69) is 20.4 Å². The van der Waals surface area contributed by atoms with Gasteiger partial charge in [-0.1, -0.05) is 0 Å². The maximum atomic E-state index is 12.5. The summed E-state index contributed by atoms with van der Waals surface area (Å²) >= 11 is 0. The number of hydrogen-bond donors (Lipinski definition) is 2. The summed E-state index contributed by atoms with van der Waals surface area (Å²) in [6, 6.07) is 3.65. The number of rotatable bonds is 4. The molecule has 1 saturated carbocycles. The quantitative estimate of drug-likeness (QED) is 0.794. The molecule has 4 rings (SSSR count). The van der Waals surface area contributed by atoms with Crippen molar-refractivity contribution in [1.82, 2.24) is 25.3 Å². The predicted molar refractivity (Wildman–Crippen MR) is 99.2 cm³/mol. The lowest BCUT2D eigenvalue weighted by molar-refractivity contribution is -0.127. The third kappa shape index (κ3) is 4.37. The molecule has 2 aliphatic heterocycles. The molecule has 1 aromatic heterocycles. The van der Waals surface area contributed by atoms with Gasteiger partial charge in [-0.2, -0.15) is 5.10 Å². The molecule has 1 atom stereocenters. The summed E-state index contributed by atoms with van der Waals surface area (Å²) in [7, 11) is 0. The van der Waals surface area contributed by atoms with Crippen molar-refractivity contribution in [2.45, 2.75) is 50.6 Å². The first-order valence-electron chi connectivity index (χ1n) is 9.99. The van der Waals surface area contributed by atoms with Crippen molar-refractivity contribution >= 4 is 11.8 Å². The van der Waals surface area contributed by atoms with E-state index in [0.717, 1.165) is 51.6 Å². The molecule has 0 radical (unpaired) electrons. The molecule has 3 aliphatic rings. The van der Waals surface area contributed by atoms with Crippen molar-refractivity contribution in [2.75, 3.05) is 26.2 Å². The zero-order valence-electron chi connectivity index (χ0n) is 15.5. The third-order valence-corrected chi connectivity index (χ3v) is 5.91. The van der Waals surface area contributed by atoms with E-state index in [1.165, 1.54) is 12.1 Å². The third-order valence-electron chi connectivity index (χ3n) is 5.91. The van der Waals surface area contributed by atoms with Gasteiger partial charge in [0.1, 0.15) is 5.69 Å². The van der Waals surface area contributed by atoms with E-state index >= 15 is 0 Å². The van der Waals surface area contributed by atoms with Gasteiger partial charge in [-0.3, -0.25) is 19.3 Å². The molecule has 1 aliphatic carbocycles. The highest BCUT2D eigenvalue weighted by Gasteiger charge is 2.34. The summed E-state index contributed by atoms with van der Waals surface area (Å²) in [5.41, 5.74) is -0.0292. The van der Waals surface area contributed by atoms with E-state index in [4.69, 9.17) is 0 Å². The molecule has 8 heteroatoms. The summed E-state index contributed by atoms with van der Waals surface area (Å²) in [5, 5.41) is 9.29. The highest BCUT2D eigenvalue weighted by Crippen LogP contribution is 2.26. The number of aromatic nitrogens is 2. The summed E-state index contributed by atoms with van der Waals surface area (Å²) in [4.78, 5) is 40.2. The molecule has 0 unspecified atom stereocenters. The smallest absolute Gasteiger partial charge is 0.274 e. The topological polar surface area (TPSA) is 98.4 Å². The molecule has 1 aromatic rings. The van der Waals surface area contributed by atoms with Gasteiger partial charge in [-0.15, -0.1) is 0 Å². The fourth-order valence-corrected chi connectivity index (χ4v) is 4.16. The van der Waals surface area contributed by atoms with Crippen LogP contribution in [0.1, 0.15) is 49.0 Å². The Kier molecular flexibility index (Phi) is 5.24. The van der Waals surface area contributed by atoms with Crippen LogP contribution < -0.4 is 10.9 Å². The number of carbonyl (C=O) groups is 2. The highest BCUT2D eigenvalue weighted by atomic mass is 16.2. The first kappa shape index (κ1) is 18.2. The standard InChI is InChI=1S/C19H27N5O3/c25-17-6-5-16(21-22-17)19(27)23-10-7-15(8-11-23)24-9-1-2-13(12-24)18(26)20-14-3-4-14/h5-6,13-15H,1-4,7-12H2,(H,20,26)(H,22,25)/t13-/m1/s1. The number of likely N-dealkylation sites (tertiary alicyclic amines) is 2. The number of carbonyl (C=O) groups excluding carboxylic acids is 2. The molecule has 2 N–H and O–H groups in total. The van der Waals surface area contributed by atoms with E-state index in [1.807, 2.05) is 0 Å². The Balaban J connectivity index is 1.29. The monoisotopic (exact) mass is 373 g/mol. The Morgan fingerprint density at radius 3 is 2.52 bits per heavy atom. The van der Waals surface area contributed by atoms with E-state index < -0.39 is 0 Å². The molecule has 146 valence electrons. The van der Waals surface area contributed by atoms with Crippen molar-refractivity contribution in [3.05, 3.63) is 28.2 Å². The Labute approximate surface area is 158 Å². The van der Waals surface area contributed by atoms with Gasteiger partial charge in [-0.25, -0.2) is 5.10 Å². The highest BCUT2D eigenvalue weighted by molar-refractivity contribution is 5.92. The Hall–Kier alpha value is -2.22. The van der Waals surface area contributed by atoms with Crippen molar-refractivity contribution < 1.29 is 9.59 Å². The van der Waals surface area contributed by atoms with Gasteiger partial charge in [0.25, 0.3) is 11.5 Å². The summed E-state index contributed by atoms with van der Waals surface area (Å²) in [6.07, 6.45) is 6.10. The second kappa shape index (κ2) is 7.80. The summed E-state index contributed by atoms with van der Waals surface area (Å²) in [5.74, 6) is 0.188. The molecule has 27 heavy (non-hydrogen) atoms. The van der Waals surface area contributed by atoms with E-state index in [1.54, 1.807) is 4.90 Å². The fraction of sp³-hybridized carbons (Fsp3) is 0.684.